The van der Waals surface area contributed by atoms with Crippen LogP contribution < -0.4 is 5.32 Å². The predicted molar refractivity (Wildman–Crippen MR) is 49.2 cm³/mol. The fourth-order valence-electron chi connectivity index (χ4n) is 0.938. The van der Waals surface area contributed by atoms with E-state index >= 15 is 0 Å². The van der Waals surface area contributed by atoms with Gasteiger partial charge < -0.3 is 10.1 Å². The number of hydrogen-bond acceptors (Lipinski definition) is 2. The van der Waals surface area contributed by atoms with Crippen LogP contribution in [-0.2, 0) is 4.74 Å². The quantitative estimate of drug-likeness (QED) is 0.700. The Morgan fingerprint density at radius 1 is 1.38 bits per heavy atom. The Bertz CT molecular complexity index is 140. The fraction of sp³-hybridized carbons (Fsp3) is 1.00. The molecule has 0 saturated heterocycles. The van der Waals surface area contributed by atoms with E-state index < -0.39 is 12.5 Å². The Balaban J connectivity index is 3.73. The standard InChI is InChI=1S/C9H19F2NO/c1-5-13-9(3,4)6-12-7(2)8(10)11/h7-8,12H,5-6H2,1-4H3. The molecule has 80 valence electrons. The van der Waals surface area contributed by atoms with Gasteiger partial charge in [0.1, 0.15) is 0 Å². The van der Waals surface area contributed by atoms with Gasteiger partial charge in [0.25, 0.3) is 6.43 Å². The highest BCUT2D eigenvalue weighted by molar-refractivity contribution is 4.74. The highest BCUT2D eigenvalue weighted by atomic mass is 19.3. The van der Waals surface area contributed by atoms with Gasteiger partial charge in [-0.1, -0.05) is 0 Å². The summed E-state index contributed by atoms with van der Waals surface area (Å²) in [7, 11) is 0. The van der Waals surface area contributed by atoms with Crippen LogP contribution in [0.3, 0.4) is 0 Å². The van der Waals surface area contributed by atoms with Gasteiger partial charge in [-0.2, -0.15) is 0 Å². The van der Waals surface area contributed by atoms with Gasteiger partial charge in [0, 0.05) is 13.2 Å². The topological polar surface area (TPSA) is 21.3 Å². The molecule has 1 atom stereocenters. The van der Waals surface area contributed by atoms with Gasteiger partial charge in [-0.25, -0.2) is 8.78 Å². The minimum atomic E-state index is -2.32. The van der Waals surface area contributed by atoms with Gasteiger partial charge in [-0.05, 0) is 27.7 Å². The summed E-state index contributed by atoms with van der Waals surface area (Å²) >= 11 is 0. The van der Waals surface area contributed by atoms with Crippen molar-refractivity contribution in [1.29, 1.82) is 0 Å². The number of hydrogen-bond donors (Lipinski definition) is 1. The highest BCUT2D eigenvalue weighted by Gasteiger charge is 2.21. The Hall–Kier alpha value is -0.220. The van der Waals surface area contributed by atoms with Crippen molar-refractivity contribution in [1.82, 2.24) is 5.32 Å². The molecule has 1 N–H and O–H groups in total. The van der Waals surface area contributed by atoms with Crippen molar-refractivity contribution in [2.24, 2.45) is 0 Å². The highest BCUT2D eigenvalue weighted by Crippen LogP contribution is 2.08. The Labute approximate surface area is 78.7 Å². The third-order valence-corrected chi connectivity index (χ3v) is 1.76. The Kier molecular flexibility index (Phi) is 5.40. The van der Waals surface area contributed by atoms with Crippen LogP contribution in [0.1, 0.15) is 27.7 Å². The molecule has 0 aromatic rings. The molecule has 0 aliphatic heterocycles. The van der Waals surface area contributed by atoms with Crippen molar-refractivity contribution in [3.8, 4) is 0 Å². The molecule has 1 unspecified atom stereocenters. The summed E-state index contributed by atoms with van der Waals surface area (Å²) in [6, 6.07) is -0.778. The second kappa shape index (κ2) is 5.50. The molecule has 0 amide bonds. The third-order valence-electron chi connectivity index (χ3n) is 1.76. The van der Waals surface area contributed by atoms with E-state index in [1.54, 1.807) is 0 Å². The molecule has 0 aliphatic carbocycles. The van der Waals surface area contributed by atoms with Crippen molar-refractivity contribution in [2.45, 2.75) is 45.8 Å². The summed E-state index contributed by atoms with van der Waals surface area (Å²) in [5.74, 6) is 0. The summed E-state index contributed by atoms with van der Waals surface area (Å²) in [6.07, 6.45) is -2.32. The van der Waals surface area contributed by atoms with Gasteiger partial charge in [-0.15, -0.1) is 0 Å². The Morgan fingerprint density at radius 2 is 1.92 bits per heavy atom. The largest absolute Gasteiger partial charge is 0.375 e. The first-order valence-corrected chi connectivity index (χ1v) is 4.54. The maximum atomic E-state index is 12.1. The van der Waals surface area contributed by atoms with Crippen LogP contribution in [0.2, 0.25) is 0 Å². The molecule has 0 aromatic carbocycles. The summed E-state index contributed by atoms with van der Waals surface area (Å²) in [6.45, 7) is 8.14. The molecule has 0 fully saturated rings. The second-order valence-corrected chi connectivity index (χ2v) is 3.70. The lowest BCUT2D eigenvalue weighted by Gasteiger charge is -2.26. The zero-order chi connectivity index (χ0) is 10.5. The number of alkyl halides is 2. The smallest absolute Gasteiger partial charge is 0.253 e. The van der Waals surface area contributed by atoms with Crippen LogP contribution in [-0.4, -0.2) is 31.2 Å². The first-order valence-electron chi connectivity index (χ1n) is 4.54. The average molecular weight is 195 g/mol. The Morgan fingerprint density at radius 3 is 2.31 bits per heavy atom. The van der Waals surface area contributed by atoms with Crippen LogP contribution in [0.15, 0.2) is 0 Å². The van der Waals surface area contributed by atoms with Gasteiger partial charge >= 0.3 is 0 Å². The minimum Gasteiger partial charge on any atom is -0.375 e. The van der Waals surface area contributed by atoms with Gasteiger partial charge in [-0.3, -0.25) is 0 Å². The molecule has 2 nitrogen and oxygen atoms in total. The first kappa shape index (κ1) is 12.8. The number of halogens is 2. The molecule has 0 bridgehead atoms. The van der Waals surface area contributed by atoms with Gasteiger partial charge in [0.2, 0.25) is 0 Å². The number of nitrogens with one attached hydrogen (secondary N) is 1. The van der Waals surface area contributed by atoms with E-state index in [0.717, 1.165) is 0 Å². The zero-order valence-electron chi connectivity index (χ0n) is 8.73. The average Bonchev–Trinajstić information content (AvgIpc) is 2.00. The SMILES string of the molecule is CCOC(C)(C)CNC(C)C(F)F. The lowest BCUT2D eigenvalue weighted by atomic mass is 10.1. The lowest BCUT2D eigenvalue weighted by molar-refractivity contribution is -0.0151. The molecule has 0 spiro atoms. The summed E-state index contributed by atoms with van der Waals surface area (Å²) < 4.78 is 29.5. The van der Waals surface area contributed by atoms with Crippen molar-refractivity contribution in [3.05, 3.63) is 0 Å². The monoisotopic (exact) mass is 195 g/mol. The van der Waals surface area contributed by atoms with Crippen molar-refractivity contribution >= 4 is 0 Å². The molecule has 0 aliphatic rings. The second-order valence-electron chi connectivity index (χ2n) is 3.70. The van der Waals surface area contributed by atoms with E-state index in [0.29, 0.717) is 13.2 Å². The summed E-state index contributed by atoms with van der Waals surface area (Å²) in [5.41, 5.74) is -0.377. The van der Waals surface area contributed by atoms with Crippen LogP contribution >= 0.6 is 0 Å². The molecule has 13 heavy (non-hydrogen) atoms. The molecule has 0 rings (SSSR count). The number of ether oxygens (including phenoxy) is 1. The van der Waals surface area contributed by atoms with Crippen LogP contribution in [0.4, 0.5) is 8.78 Å². The molecule has 0 heterocycles. The molecular formula is C9H19F2NO. The zero-order valence-corrected chi connectivity index (χ0v) is 8.73. The molecule has 4 heteroatoms. The lowest BCUT2D eigenvalue weighted by Crippen LogP contribution is -2.43. The maximum Gasteiger partial charge on any atom is 0.253 e. The molecule has 0 saturated carbocycles. The maximum absolute atomic E-state index is 12.1. The third kappa shape index (κ3) is 5.93. The van der Waals surface area contributed by atoms with Crippen molar-refractivity contribution in [3.63, 3.8) is 0 Å². The summed E-state index contributed by atoms with van der Waals surface area (Å²) in [4.78, 5) is 0. The van der Waals surface area contributed by atoms with Gasteiger partial charge in [0.05, 0.1) is 11.6 Å². The minimum absolute atomic E-state index is 0.377. The van der Waals surface area contributed by atoms with E-state index in [-0.39, 0.29) is 5.60 Å². The number of rotatable bonds is 6. The fourth-order valence-corrected chi connectivity index (χ4v) is 0.938. The molecular weight excluding hydrogens is 176 g/mol. The molecule has 0 aromatic heterocycles. The predicted octanol–water partition coefficient (Wildman–Crippen LogP) is 2.04. The van der Waals surface area contributed by atoms with Gasteiger partial charge in [0.15, 0.2) is 0 Å². The first-order chi connectivity index (χ1) is 5.89. The van der Waals surface area contributed by atoms with Crippen LogP contribution in [0.25, 0.3) is 0 Å². The van der Waals surface area contributed by atoms with E-state index in [1.165, 1.54) is 6.92 Å². The van der Waals surface area contributed by atoms with E-state index in [9.17, 15) is 8.78 Å². The summed E-state index contributed by atoms with van der Waals surface area (Å²) in [5, 5.41) is 2.73. The van der Waals surface area contributed by atoms with Crippen LogP contribution in [0, 0.1) is 0 Å². The van der Waals surface area contributed by atoms with Crippen molar-refractivity contribution in [2.75, 3.05) is 13.2 Å². The van der Waals surface area contributed by atoms with E-state index in [4.69, 9.17) is 4.74 Å². The normalized spacial score (nSPS) is 15.0. The molecule has 0 radical (unpaired) electrons. The van der Waals surface area contributed by atoms with E-state index in [1.807, 2.05) is 20.8 Å². The van der Waals surface area contributed by atoms with E-state index in [2.05, 4.69) is 5.32 Å². The van der Waals surface area contributed by atoms with Crippen molar-refractivity contribution < 1.29 is 13.5 Å². The van der Waals surface area contributed by atoms with Crippen LogP contribution in [0.5, 0.6) is 0 Å².